The zero-order chi connectivity index (χ0) is 13.8. The van der Waals surface area contributed by atoms with Crippen molar-refractivity contribution in [3.05, 3.63) is 0 Å². The molecule has 2 unspecified atom stereocenters. The number of piperidine rings is 1. The van der Waals surface area contributed by atoms with Crippen molar-refractivity contribution in [3.8, 4) is 0 Å². The second-order valence-electron chi connectivity index (χ2n) is 5.66. The van der Waals surface area contributed by atoms with Crippen molar-refractivity contribution in [1.29, 1.82) is 0 Å². The van der Waals surface area contributed by atoms with E-state index in [0.717, 1.165) is 38.8 Å². The van der Waals surface area contributed by atoms with Gasteiger partial charge in [0.2, 0.25) is 5.91 Å². The Morgan fingerprint density at radius 1 is 1.21 bits per heavy atom. The molecule has 0 bridgehead atoms. The van der Waals surface area contributed by atoms with Crippen molar-refractivity contribution in [2.24, 2.45) is 11.7 Å². The van der Waals surface area contributed by atoms with Crippen LogP contribution < -0.4 is 11.1 Å². The van der Waals surface area contributed by atoms with Gasteiger partial charge in [-0.05, 0) is 25.7 Å². The fourth-order valence-electron chi connectivity index (χ4n) is 2.99. The lowest BCUT2D eigenvalue weighted by molar-refractivity contribution is -0.142. The number of likely N-dealkylation sites (tertiary alicyclic amines) is 1. The molecule has 0 aromatic rings. The SMILES string of the molecule is NC1CCN(CC(=O)NC2CCCC2C(=O)O)CC1. The largest absolute Gasteiger partial charge is 0.481 e. The molecule has 0 radical (unpaired) electrons. The van der Waals surface area contributed by atoms with E-state index < -0.39 is 11.9 Å². The number of nitrogens with two attached hydrogens (primary N) is 1. The molecule has 1 saturated carbocycles. The van der Waals surface area contributed by atoms with Gasteiger partial charge in [0.15, 0.2) is 0 Å². The Bertz CT molecular complexity index is 340. The number of amides is 1. The summed E-state index contributed by atoms with van der Waals surface area (Å²) in [5.74, 6) is -1.28. The molecule has 2 aliphatic rings. The van der Waals surface area contributed by atoms with Gasteiger partial charge >= 0.3 is 5.97 Å². The highest BCUT2D eigenvalue weighted by Crippen LogP contribution is 2.25. The molecule has 2 fully saturated rings. The van der Waals surface area contributed by atoms with Gasteiger partial charge in [-0.2, -0.15) is 0 Å². The van der Waals surface area contributed by atoms with Crippen LogP contribution in [0, 0.1) is 5.92 Å². The molecule has 0 spiro atoms. The van der Waals surface area contributed by atoms with Crippen molar-refractivity contribution in [3.63, 3.8) is 0 Å². The highest BCUT2D eigenvalue weighted by atomic mass is 16.4. The Morgan fingerprint density at radius 2 is 1.89 bits per heavy atom. The average molecular weight is 269 g/mol. The van der Waals surface area contributed by atoms with Gasteiger partial charge in [-0.15, -0.1) is 0 Å². The molecule has 4 N–H and O–H groups in total. The van der Waals surface area contributed by atoms with E-state index in [2.05, 4.69) is 10.2 Å². The van der Waals surface area contributed by atoms with Gasteiger partial charge in [0.1, 0.15) is 0 Å². The number of nitrogens with zero attached hydrogens (tertiary/aromatic N) is 1. The maximum atomic E-state index is 11.9. The van der Waals surface area contributed by atoms with Crippen LogP contribution in [-0.2, 0) is 9.59 Å². The summed E-state index contributed by atoms with van der Waals surface area (Å²) in [5.41, 5.74) is 5.82. The number of carboxylic acid groups (broad SMARTS) is 1. The molecule has 1 aliphatic heterocycles. The summed E-state index contributed by atoms with van der Waals surface area (Å²) in [7, 11) is 0. The Labute approximate surface area is 113 Å². The van der Waals surface area contributed by atoms with Crippen LogP contribution in [0.4, 0.5) is 0 Å². The zero-order valence-electron chi connectivity index (χ0n) is 11.2. The van der Waals surface area contributed by atoms with Crippen LogP contribution in [0.25, 0.3) is 0 Å². The number of carboxylic acids is 1. The minimum Gasteiger partial charge on any atom is -0.481 e. The number of aliphatic carboxylic acids is 1. The summed E-state index contributed by atoms with van der Waals surface area (Å²) < 4.78 is 0. The van der Waals surface area contributed by atoms with E-state index in [4.69, 9.17) is 10.8 Å². The summed E-state index contributed by atoms with van der Waals surface area (Å²) in [5, 5.41) is 11.9. The first-order valence-corrected chi connectivity index (χ1v) is 7.06. The maximum Gasteiger partial charge on any atom is 0.308 e. The van der Waals surface area contributed by atoms with Crippen LogP contribution in [-0.4, -0.2) is 53.6 Å². The van der Waals surface area contributed by atoms with E-state index in [-0.39, 0.29) is 18.0 Å². The number of carbonyl (C=O) groups is 2. The Hall–Kier alpha value is -1.14. The van der Waals surface area contributed by atoms with Crippen molar-refractivity contribution >= 4 is 11.9 Å². The summed E-state index contributed by atoms with van der Waals surface area (Å²) in [4.78, 5) is 25.1. The van der Waals surface area contributed by atoms with E-state index in [1.807, 2.05) is 0 Å². The van der Waals surface area contributed by atoms with E-state index in [1.165, 1.54) is 0 Å². The van der Waals surface area contributed by atoms with Crippen molar-refractivity contribution in [2.45, 2.75) is 44.2 Å². The monoisotopic (exact) mass is 269 g/mol. The summed E-state index contributed by atoms with van der Waals surface area (Å²) in [6.07, 6.45) is 4.16. The van der Waals surface area contributed by atoms with Crippen LogP contribution in [0.2, 0.25) is 0 Å². The fraction of sp³-hybridized carbons (Fsp3) is 0.846. The standard InChI is InChI=1S/C13H23N3O3/c14-9-4-6-16(7-5-9)8-12(17)15-11-3-1-2-10(11)13(18)19/h9-11H,1-8,14H2,(H,15,17)(H,18,19). The molecule has 1 amide bonds. The third-order valence-corrected chi connectivity index (χ3v) is 4.18. The average Bonchev–Trinajstić information content (AvgIpc) is 2.80. The Kier molecular flexibility index (Phi) is 4.76. The molecule has 1 saturated heterocycles. The highest BCUT2D eigenvalue weighted by molar-refractivity contribution is 5.80. The summed E-state index contributed by atoms with van der Waals surface area (Å²) in [6, 6.07) is 0.0579. The molecule has 6 nitrogen and oxygen atoms in total. The quantitative estimate of drug-likeness (QED) is 0.656. The molecule has 2 atom stereocenters. The number of nitrogens with one attached hydrogen (secondary N) is 1. The van der Waals surface area contributed by atoms with Crippen LogP contribution in [0.1, 0.15) is 32.1 Å². The van der Waals surface area contributed by atoms with Crippen molar-refractivity contribution < 1.29 is 14.7 Å². The lowest BCUT2D eigenvalue weighted by Crippen LogP contribution is -2.48. The molecule has 2 rings (SSSR count). The fourth-order valence-corrected chi connectivity index (χ4v) is 2.99. The molecular weight excluding hydrogens is 246 g/mol. The van der Waals surface area contributed by atoms with Gasteiger partial charge in [0.05, 0.1) is 12.5 Å². The van der Waals surface area contributed by atoms with Gasteiger partial charge < -0.3 is 16.2 Å². The first kappa shape index (κ1) is 14.3. The zero-order valence-corrected chi connectivity index (χ0v) is 11.2. The van der Waals surface area contributed by atoms with Crippen LogP contribution >= 0.6 is 0 Å². The van der Waals surface area contributed by atoms with Crippen LogP contribution in [0.15, 0.2) is 0 Å². The van der Waals surface area contributed by atoms with Crippen LogP contribution in [0.3, 0.4) is 0 Å². The number of rotatable bonds is 4. The first-order chi connectivity index (χ1) is 9.06. The molecule has 0 aromatic heterocycles. The molecule has 19 heavy (non-hydrogen) atoms. The molecule has 1 heterocycles. The first-order valence-electron chi connectivity index (χ1n) is 7.06. The number of hydrogen-bond acceptors (Lipinski definition) is 4. The van der Waals surface area contributed by atoms with E-state index in [9.17, 15) is 9.59 Å². The third-order valence-electron chi connectivity index (χ3n) is 4.18. The van der Waals surface area contributed by atoms with Crippen molar-refractivity contribution in [1.82, 2.24) is 10.2 Å². The smallest absolute Gasteiger partial charge is 0.308 e. The predicted octanol–water partition coefficient (Wildman–Crippen LogP) is -0.221. The van der Waals surface area contributed by atoms with Crippen molar-refractivity contribution in [2.75, 3.05) is 19.6 Å². The summed E-state index contributed by atoms with van der Waals surface area (Å²) in [6.45, 7) is 2.05. The van der Waals surface area contributed by atoms with Gasteiger partial charge in [-0.3, -0.25) is 14.5 Å². The van der Waals surface area contributed by atoms with Gasteiger partial charge in [0, 0.05) is 25.2 Å². The number of hydrogen-bond donors (Lipinski definition) is 3. The minimum absolute atomic E-state index is 0.0615. The second kappa shape index (κ2) is 6.34. The molecular formula is C13H23N3O3. The molecule has 6 heteroatoms. The normalized spacial score (nSPS) is 29.3. The van der Waals surface area contributed by atoms with E-state index in [0.29, 0.717) is 13.0 Å². The molecule has 1 aliphatic carbocycles. The van der Waals surface area contributed by atoms with E-state index >= 15 is 0 Å². The Balaban J connectivity index is 1.76. The maximum absolute atomic E-state index is 11.9. The molecule has 108 valence electrons. The van der Waals surface area contributed by atoms with Gasteiger partial charge in [-0.25, -0.2) is 0 Å². The van der Waals surface area contributed by atoms with Crippen LogP contribution in [0.5, 0.6) is 0 Å². The van der Waals surface area contributed by atoms with Gasteiger partial charge in [0.25, 0.3) is 0 Å². The predicted molar refractivity (Wildman–Crippen MR) is 70.6 cm³/mol. The second-order valence-corrected chi connectivity index (χ2v) is 5.66. The highest BCUT2D eigenvalue weighted by Gasteiger charge is 2.34. The lowest BCUT2D eigenvalue weighted by Gasteiger charge is -2.30. The topological polar surface area (TPSA) is 95.7 Å². The minimum atomic E-state index is -0.799. The Morgan fingerprint density at radius 3 is 2.53 bits per heavy atom. The molecule has 0 aromatic carbocycles. The lowest BCUT2D eigenvalue weighted by atomic mass is 10.0. The third kappa shape index (κ3) is 3.91. The summed E-state index contributed by atoms with van der Waals surface area (Å²) >= 11 is 0. The number of carbonyl (C=O) groups excluding carboxylic acids is 1. The van der Waals surface area contributed by atoms with E-state index in [1.54, 1.807) is 0 Å². The van der Waals surface area contributed by atoms with Gasteiger partial charge in [-0.1, -0.05) is 6.42 Å².